The molecular weight excluding hydrogens is 224 g/mol. The number of pyridine rings is 1. The average Bonchev–Trinajstić information content (AvgIpc) is 2.95. The van der Waals surface area contributed by atoms with E-state index in [9.17, 15) is 0 Å². The number of imidazole rings is 1. The minimum Gasteiger partial charge on any atom is -0.340 e. The molecule has 1 aliphatic rings. The fraction of sp³-hybridized carbons (Fsp3) is 0.571. The van der Waals surface area contributed by atoms with Crippen molar-refractivity contribution in [1.29, 1.82) is 0 Å². The number of aromatic nitrogens is 3. The molecule has 1 aliphatic heterocycles. The van der Waals surface area contributed by atoms with Crippen molar-refractivity contribution in [3.05, 3.63) is 23.7 Å². The number of aromatic amines is 1. The highest BCUT2D eigenvalue weighted by molar-refractivity contribution is 5.70. The third kappa shape index (κ3) is 1.81. The molecule has 1 saturated heterocycles. The van der Waals surface area contributed by atoms with Crippen molar-refractivity contribution in [2.75, 3.05) is 13.1 Å². The van der Waals surface area contributed by atoms with Crippen molar-refractivity contribution in [2.45, 2.75) is 38.5 Å². The molecule has 1 unspecified atom stereocenters. The third-order valence-corrected chi connectivity index (χ3v) is 3.96. The molecule has 3 rings (SSSR count). The maximum absolute atomic E-state index is 4.74. The van der Waals surface area contributed by atoms with Crippen molar-refractivity contribution < 1.29 is 0 Å². The number of H-pyrrole nitrogens is 1. The summed E-state index contributed by atoms with van der Waals surface area (Å²) in [6.45, 7) is 6.36. The molecule has 2 N–H and O–H groups in total. The number of aryl methyl sites for hydroxylation is 1. The molecule has 4 nitrogen and oxygen atoms in total. The zero-order chi connectivity index (χ0) is 12.6. The molecular formula is C14H20N4. The summed E-state index contributed by atoms with van der Waals surface area (Å²) in [4.78, 5) is 12.7. The van der Waals surface area contributed by atoms with Gasteiger partial charge in [-0.05, 0) is 38.4 Å². The van der Waals surface area contributed by atoms with Crippen LogP contribution in [0.4, 0.5) is 0 Å². The quantitative estimate of drug-likeness (QED) is 0.871. The molecule has 0 spiro atoms. The molecule has 2 aromatic rings. The zero-order valence-electron chi connectivity index (χ0n) is 11.1. The van der Waals surface area contributed by atoms with Crippen molar-refractivity contribution >= 4 is 11.2 Å². The van der Waals surface area contributed by atoms with Crippen LogP contribution < -0.4 is 5.32 Å². The second kappa shape index (κ2) is 4.35. The number of hydrogen-bond donors (Lipinski definition) is 2. The minimum atomic E-state index is 0.184. The Morgan fingerprint density at radius 3 is 2.94 bits per heavy atom. The van der Waals surface area contributed by atoms with Crippen molar-refractivity contribution in [3.63, 3.8) is 0 Å². The van der Waals surface area contributed by atoms with Gasteiger partial charge in [0.05, 0.1) is 5.52 Å². The van der Waals surface area contributed by atoms with Gasteiger partial charge in [0.25, 0.3) is 0 Å². The molecule has 96 valence electrons. The lowest BCUT2D eigenvalue weighted by atomic mass is 9.82. The first-order valence-corrected chi connectivity index (χ1v) is 6.78. The Kier molecular flexibility index (Phi) is 2.82. The molecule has 0 aromatic carbocycles. The van der Waals surface area contributed by atoms with Gasteiger partial charge >= 0.3 is 0 Å². The lowest BCUT2D eigenvalue weighted by molar-refractivity contribution is 0.406. The van der Waals surface area contributed by atoms with E-state index in [0.717, 1.165) is 35.8 Å². The summed E-state index contributed by atoms with van der Waals surface area (Å²) in [5.74, 6) is 1.11. The highest BCUT2D eigenvalue weighted by atomic mass is 15.0. The van der Waals surface area contributed by atoms with Crippen LogP contribution >= 0.6 is 0 Å². The van der Waals surface area contributed by atoms with Crippen LogP contribution in [0.5, 0.6) is 0 Å². The maximum atomic E-state index is 4.74. The maximum Gasteiger partial charge on any atom is 0.177 e. The van der Waals surface area contributed by atoms with Gasteiger partial charge in [-0.3, -0.25) is 0 Å². The number of hydrogen-bond acceptors (Lipinski definition) is 3. The Morgan fingerprint density at radius 2 is 2.22 bits per heavy atom. The number of nitrogens with one attached hydrogen (secondary N) is 2. The van der Waals surface area contributed by atoms with Gasteiger partial charge in [0.1, 0.15) is 5.82 Å². The normalized spacial score (nSPS) is 23.9. The van der Waals surface area contributed by atoms with Crippen LogP contribution in [0.15, 0.2) is 12.1 Å². The van der Waals surface area contributed by atoms with Crippen LogP contribution in [0.3, 0.4) is 0 Å². The van der Waals surface area contributed by atoms with Gasteiger partial charge < -0.3 is 10.3 Å². The highest BCUT2D eigenvalue weighted by Crippen LogP contribution is 2.34. The molecule has 0 bridgehead atoms. The van der Waals surface area contributed by atoms with E-state index in [2.05, 4.69) is 28.3 Å². The van der Waals surface area contributed by atoms with Gasteiger partial charge in [-0.15, -0.1) is 0 Å². The summed E-state index contributed by atoms with van der Waals surface area (Å²) in [7, 11) is 0. The van der Waals surface area contributed by atoms with Crippen LogP contribution in [0.2, 0.25) is 0 Å². The van der Waals surface area contributed by atoms with Crippen molar-refractivity contribution in [1.82, 2.24) is 20.3 Å². The van der Waals surface area contributed by atoms with Gasteiger partial charge in [-0.25, -0.2) is 9.97 Å². The summed E-state index contributed by atoms with van der Waals surface area (Å²) in [5.41, 5.74) is 3.11. The van der Waals surface area contributed by atoms with Crippen molar-refractivity contribution in [3.8, 4) is 0 Å². The van der Waals surface area contributed by atoms with Gasteiger partial charge in [0, 0.05) is 17.7 Å². The second-order valence-electron chi connectivity index (χ2n) is 5.37. The van der Waals surface area contributed by atoms with Gasteiger partial charge in [-0.2, -0.15) is 0 Å². The molecule has 1 fully saturated rings. The fourth-order valence-corrected chi connectivity index (χ4v) is 2.99. The first-order valence-electron chi connectivity index (χ1n) is 6.78. The van der Waals surface area contributed by atoms with E-state index in [4.69, 9.17) is 4.98 Å². The second-order valence-corrected chi connectivity index (χ2v) is 5.37. The van der Waals surface area contributed by atoms with Crippen molar-refractivity contribution in [2.24, 2.45) is 0 Å². The summed E-state index contributed by atoms with van der Waals surface area (Å²) in [6.07, 6.45) is 3.53. The Morgan fingerprint density at radius 1 is 1.33 bits per heavy atom. The van der Waals surface area contributed by atoms with E-state index in [0.29, 0.717) is 0 Å². The molecule has 3 heterocycles. The van der Waals surface area contributed by atoms with E-state index < -0.39 is 0 Å². The Balaban J connectivity index is 2.06. The standard InChI is InChI=1S/C14H20N4/c1-3-6-14(7-8-15-9-14)13-17-11-5-4-10(2)16-12(11)18-13/h4-5,15H,3,6-9H2,1-2H3,(H,16,17,18). The van der Waals surface area contributed by atoms with Crippen LogP contribution in [-0.4, -0.2) is 28.0 Å². The monoisotopic (exact) mass is 244 g/mol. The number of rotatable bonds is 3. The Labute approximate surface area is 107 Å². The van der Waals surface area contributed by atoms with Crippen LogP contribution in [0.1, 0.15) is 37.7 Å². The van der Waals surface area contributed by atoms with Crippen LogP contribution in [0.25, 0.3) is 11.2 Å². The Bertz CT molecular complexity index is 552. The number of nitrogens with zero attached hydrogens (tertiary/aromatic N) is 2. The smallest absolute Gasteiger partial charge is 0.177 e. The van der Waals surface area contributed by atoms with Gasteiger partial charge in [0.15, 0.2) is 5.65 Å². The van der Waals surface area contributed by atoms with Crippen LogP contribution in [0, 0.1) is 6.92 Å². The minimum absolute atomic E-state index is 0.184. The molecule has 1 atom stereocenters. The predicted octanol–water partition coefficient (Wildman–Crippen LogP) is 2.30. The third-order valence-electron chi connectivity index (χ3n) is 3.96. The first-order chi connectivity index (χ1) is 8.73. The van der Waals surface area contributed by atoms with E-state index >= 15 is 0 Å². The molecule has 2 aromatic heterocycles. The largest absolute Gasteiger partial charge is 0.340 e. The lowest BCUT2D eigenvalue weighted by Crippen LogP contribution is -2.30. The van der Waals surface area contributed by atoms with E-state index in [-0.39, 0.29) is 5.41 Å². The Hall–Kier alpha value is -1.42. The van der Waals surface area contributed by atoms with Crippen LogP contribution in [-0.2, 0) is 5.41 Å². The molecule has 4 heteroatoms. The lowest BCUT2D eigenvalue weighted by Gasteiger charge is -2.25. The molecule has 0 amide bonds. The SMILES string of the molecule is CCCC1(c2nc3nc(C)ccc3[nH]2)CCNC1. The van der Waals surface area contributed by atoms with E-state index in [1.165, 1.54) is 19.3 Å². The molecule has 0 aliphatic carbocycles. The molecule has 0 saturated carbocycles. The molecule has 18 heavy (non-hydrogen) atoms. The number of fused-ring (bicyclic) bond motifs is 1. The summed E-state index contributed by atoms with van der Waals surface area (Å²) in [5, 5.41) is 3.47. The average molecular weight is 244 g/mol. The summed E-state index contributed by atoms with van der Waals surface area (Å²) >= 11 is 0. The highest BCUT2D eigenvalue weighted by Gasteiger charge is 2.37. The zero-order valence-corrected chi connectivity index (χ0v) is 11.1. The summed E-state index contributed by atoms with van der Waals surface area (Å²) in [6, 6.07) is 4.11. The molecule has 0 radical (unpaired) electrons. The summed E-state index contributed by atoms with van der Waals surface area (Å²) < 4.78 is 0. The van der Waals surface area contributed by atoms with E-state index in [1.54, 1.807) is 0 Å². The van der Waals surface area contributed by atoms with Gasteiger partial charge in [0.2, 0.25) is 0 Å². The fourth-order valence-electron chi connectivity index (χ4n) is 2.99. The first kappa shape index (κ1) is 11.7. The topological polar surface area (TPSA) is 53.6 Å². The van der Waals surface area contributed by atoms with Gasteiger partial charge in [-0.1, -0.05) is 13.3 Å². The van der Waals surface area contributed by atoms with E-state index in [1.807, 2.05) is 13.0 Å². The predicted molar refractivity (Wildman–Crippen MR) is 72.7 cm³/mol.